The minimum atomic E-state index is 0. The van der Waals surface area contributed by atoms with Crippen LogP contribution in [0.4, 0.5) is 0 Å². The molecule has 0 saturated heterocycles. The molecular weight excluding hydrogens is 350 g/mol. The van der Waals surface area contributed by atoms with Gasteiger partial charge in [0.15, 0.2) is 0 Å². The Morgan fingerprint density at radius 1 is 0.846 bits per heavy atom. The van der Waals surface area contributed by atoms with E-state index < -0.39 is 0 Å². The summed E-state index contributed by atoms with van der Waals surface area (Å²) >= 11 is 0. The average Bonchev–Trinajstić information content (AvgIpc) is 2.53. The van der Waals surface area contributed by atoms with Crippen molar-refractivity contribution < 1.29 is 5.34 Å². The van der Waals surface area contributed by atoms with Crippen molar-refractivity contribution in [2.75, 3.05) is 41.3 Å². The quantitative estimate of drug-likeness (QED) is 0.0836. The van der Waals surface area contributed by atoms with E-state index in [4.69, 9.17) is 54.8 Å². The van der Waals surface area contributed by atoms with Gasteiger partial charge in [-0.05, 0) is 85.5 Å². The summed E-state index contributed by atoms with van der Waals surface area (Å²) in [6.07, 6.45) is 3.43. The van der Waals surface area contributed by atoms with Crippen LogP contribution in [0.3, 0.4) is 0 Å². The number of nitrogens with one attached hydrogen (secondary N) is 6. The predicted molar refractivity (Wildman–Crippen MR) is 103 cm³/mol. The van der Waals surface area contributed by atoms with Crippen molar-refractivity contribution in [3.8, 4) is 0 Å². The molecule has 0 aromatic rings. The molecule has 0 rings (SSSR count). The fraction of sp³-hybridized carbons (Fsp3) is 1.00. The van der Waals surface area contributed by atoms with Crippen molar-refractivity contribution in [1.82, 2.24) is 16.8 Å². The highest BCUT2D eigenvalue weighted by molar-refractivity contribution is 4.41. The molecule has 0 unspecified atom stereocenters. The molecule has 0 saturated carbocycles. The van der Waals surface area contributed by atoms with Gasteiger partial charge in [0.1, 0.15) is 0 Å². The van der Waals surface area contributed by atoms with E-state index in [1.165, 1.54) is 6.42 Å². The van der Waals surface area contributed by atoms with E-state index in [0.29, 0.717) is 0 Å². The first kappa shape index (κ1) is 49.5. The Labute approximate surface area is 153 Å². The van der Waals surface area contributed by atoms with Crippen molar-refractivity contribution in [2.45, 2.75) is 19.3 Å². The van der Waals surface area contributed by atoms with Crippen LogP contribution in [0.25, 0.3) is 31.3 Å². The fourth-order valence-corrected chi connectivity index (χ4v) is 0.465. The van der Waals surface area contributed by atoms with Crippen LogP contribution in [0.2, 0.25) is 0 Å². The van der Waals surface area contributed by atoms with Gasteiger partial charge in [0.25, 0.3) is 0 Å². The second-order valence-corrected chi connectivity index (χ2v) is 3.02. The maximum atomic E-state index is 8.12. The van der Waals surface area contributed by atoms with E-state index in [0.717, 1.165) is 25.9 Å². The maximum absolute atomic E-state index is 8.12. The second kappa shape index (κ2) is 149. The van der Waals surface area contributed by atoms with E-state index in [1.54, 1.807) is 14.7 Å². The zero-order chi connectivity index (χ0) is 21.8. The van der Waals surface area contributed by atoms with Gasteiger partial charge < -0.3 is 28.3 Å². The first-order valence-corrected chi connectivity index (χ1v) is 6.50. The van der Waals surface area contributed by atoms with Crippen LogP contribution in [0.1, 0.15) is 19.3 Å². The predicted octanol–water partition coefficient (Wildman–Crippen LogP) is 0.865. The van der Waals surface area contributed by atoms with Crippen LogP contribution >= 0.6 is 0 Å². The maximum Gasteiger partial charge on any atom is 0.00366 e. The number of hydrogen-bond donors (Lipinski definition) is 9. The number of unbranched alkanes of at least 4 members (excludes halogenated alkanes) is 2. The highest BCUT2D eigenvalue weighted by Gasteiger charge is 1.80. The molecule has 0 aliphatic rings. The Morgan fingerprint density at radius 3 is 1.04 bits per heavy atom. The Bertz CT molecular complexity index is 236. The fourth-order valence-electron chi connectivity index (χ4n) is 0.465. The van der Waals surface area contributed by atoms with Crippen LogP contribution in [0.15, 0.2) is 0 Å². The molecule has 17 nitrogen and oxygen atoms in total. The zero-order valence-electron chi connectivity index (χ0n) is 15.9. The Morgan fingerprint density at radius 2 is 0.962 bits per heavy atom. The van der Waals surface area contributed by atoms with Gasteiger partial charge in [-0.15, -0.1) is 16.6 Å². The van der Waals surface area contributed by atoms with Crippen molar-refractivity contribution in [3.05, 3.63) is 41.4 Å². The smallest absolute Gasteiger partial charge is 0.00366 e. The molecule has 13 N–H and O–H groups in total. The minimum Gasteiger partial charge on any atom is -0.344 e. The SMILES string of the molecule is CNC.CNC.N.NCCCCCN.O=[NH+][O-].[N-]=[N+]=N.[N-]=[N+]=N.[N-]=[N+]=N. The van der Waals surface area contributed by atoms with Gasteiger partial charge in [-0.3, -0.25) is 10.1 Å². The van der Waals surface area contributed by atoms with Gasteiger partial charge in [-0.25, -0.2) is 0 Å². The second-order valence-electron chi connectivity index (χ2n) is 3.02. The van der Waals surface area contributed by atoms with E-state index in [1.807, 2.05) is 28.2 Å². The molecule has 0 radical (unpaired) electrons. The third kappa shape index (κ3) is 6710. The van der Waals surface area contributed by atoms with Crippen molar-refractivity contribution >= 4 is 0 Å². The molecule has 0 aromatic heterocycles. The molecule has 0 aliphatic carbocycles. The van der Waals surface area contributed by atoms with Gasteiger partial charge in [0.2, 0.25) is 0 Å². The third-order valence-corrected chi connectivity index (χ3v) is 0.908. The lowest BCUT2D eigenvalue weighted by Gasteiger charge is -1.91. The Kier molecular flexibility index (Phi) is 285. The van der Waals surface area contributed by atoms with Gasteiger partial charge in [-0.1, -0.05) is 6.42 Å². The van der Waals surface area contributed by atoms with E-state index in [9.17, 15) is 0 Å². The first-order valence-electron chi connectivity index (χ1n) is 6.50. The summed E-state index contributed by atoms with van der Waals surface area (Å²) in [5, 5.41) is 13.9. The summed E-state index contributed by atoms with van der Waals surface area (Å²) in [6.45, 7) is 1.61. The third-order valence-electron chi connectivity index (χ3n) is 0.908. The summed E-state index contributed by atoms with van der Waals surface area (Å²) in [6, 6.07) is 0. The highest BCUT2D eigenvalue weighted by atomic mass is 16.6. The molecule has 17 heteroatoms. The lowest BCUT2D eigenvalue weighted by Crippen LogP contribution is -2.53. The summed E-state index contributed by atoms with van der Waals surface area (Å²) in [4.78, 5) is 13.4. The van der Waals surface area contributed by atoms with Crippen molar-refractivity contribution in [3.63, 3.8) is 0 Å². The molecule has 0 bridgehead atoms. The van der Waals surface area contributed by atoms with Crippen LogP contribution in [-0.2, 0) is 0 Å². The largest absolute Gasteiger partial charge is 0.344 e. The standard InChI is InChI=1S/C5H14N2.2C2H7N.3HN3.HNO2.H3N/c6-4-2-1-3-5-7;5*1-3-2;2-1-3;/h1-7H2;2*3H,1-2H3;4*1H;1H3. The summed E-state index contributed by atoms with van der Waals surface area (Å²) in [5.74, 6) is 0. The van der Waals surface area contributed by atoms with Gasteiger partial charge in [-0.2, -0.15) is 0 Å². The van der Waals surface area contributed by atoms with Crippen molar-refractivity contribution in [2.24, 2.45) is 11.5 Å². The Hall–Kier alpha value is -2.87. The van der Waals surface area contributed by atoms with Gasteiger partial charge in [0, 0.05) is 5.34 Å². The van der Waals surface area contributed by atoms with Crippen LogP contribution in [0, 0.1) is 26.7 Å². The first-order chi connectivity index (χ1) is 11.9. The molecule has 0 amide bonds. The van der Waals surface area contributed by atoms with E-state index >= 15 is 0 Å². The van der Waals surface area contributed by atoms with Crippen LogP contribution < -0.4 is 33.6 Å². The lowest BCUT2D eigenvalue weighted by atomic mass is 10.2. The molecule has 0 atom stereocenters. The number of rotatable bonds is 4. The normalized spacial score (nSPS) is 5.31. The monoisotopic (exact) mass is 385 g/mol. The molecular formula is C9H35N15O2. The summed E-state index contributed by atoms with van der Waals surface area (Å²) < 4.78 is 0. The van der Waals surface area contributed by atoms with Gasteiger partial charge in [0.05, 0.1) is 0 Å². The minimum absolute atomic E-state index is 0. The van der Waals surface area contributed by atoms with Gasteiger partial charge >= 0.3 is 0 Å². The molecule has 26 heavy (non-hydrogen) atoms. The molecule has 0 spiro atoms. The average molecular weight is 385 g/mol. The number of nitrogens with zero attached hydrogens (tertiary/aromatic N) is 6. The molecule has 0 fully saturated rings. The van der Waals surface area contributed by atoms with Crippen LogP contribution in [-0.4, -0.2) is 41.3 Å². The zero-order valence-corrected chi connectivity index (χ0v) is 15.9. The van der Waals surface area contributed by atoms with Crippen molar-refractivity contribution in [1.29, 1.82) is 16.6 Å². The van der Waals surface area contributed by atoms with E-state index in [-0.39, 0.29) is 11.5 Å². The molecule has 158 valence electrons. The summed E-state index contributed by atoms with van der Waals surface area (Å²) in [7, 11) is 7.50. The molecule has 0 heterocycles. The van der Waals surface area contributed by atoms with E-state index in [2.05, 4.69) is 10.6 Å². The number of nitrogens with two attached hydrogens (primary N) is 2. The van der Waals surface area contributed by atoms with Crippen LogP contribution in [0.5, 0.6) is 0 Å². The highest BCUT2D eigenvalue weighted by Crippen LogP contribution is 1.88. The summed E-state index contributed by atoms with van der Waals surface area (Å²) in [5.41, 5.74) is 47.2. The Balaban J connectivity index is -0.0000000251. The topological polar surface area (TPSA) is 346 Å². The molecule has 0 aliphatic heterocycles. The number of hydrogen-bond acceptors (Lipinski definition) is 10. The lowest BCUT2D eigenvalue weighted by molar-refractivity contribution is -0.398. The molecule has 0 aromatic carbocycles.